The summed E-state index contributed by atoms with van der Waals surface area (Å²) in [6.07, 6.45) is 1.80. The summed E-state index contributed by atoms with van der Waals surface area (Å²) < 4.78 is 1.74. The number of aromatic nitrogens is 3. The van der Waals surface area contributed by atoms with E-state index in [0.29, 0.717) is 5.02 Å². The maximum Gasteiger partial charge on any atom is 0.154 e. The summed E-state index contributed by atoms with van der Waals surface area (Å²) in [7, 11) is 0. The zero-order chi connectivity index (χ0) is 14.8. The summed E-state index contributed by atoms with van der Waals surface area (Å²) in [5, 5.41) is 9.59. The Morgan fingerprint density at radius 1 is 1.29 bits per heavy atom. The molecule has 0 saturated carbocycles. The lowest BCUT2D eigenvalue weighted by molar-refractivity contribution is 0.727. The van der Waals surface area contributed by atoms with Crippen LogP contribution in [0.3, 0.4) is 0 Å². The second-order valence-electron chi connectivity index (χ2n) is 4.94. The molecule has 108 valence electrons. The average Bonchev–Trinajstić information content (AvgIpc) is 2.84. The van der Waals surface area contributed by atoms with Crippen LogP contribution in [0.5, 0.6) is 0 Å². The standard InChI is InChI=1S/C16H17ClN4/c1-3-18-9-12-8-16(21-10-14(17)11(2)20-21)19-15-7-5-4-6-13(12)15/h4-8,10,18H,3,9H2,1-2H3. The highest BCUT2D eigenvalue weighted by atomic mass is 35.5. The van der Waals surface area contributed by atoms with E-state index >= 15 is 0 Å². The first-order valence-corrected chi connectivity index (χ1v) is 7.38. The molecule has 5 heteroatoms. The van der Waals surface area contributed by atoms with E-state index in [2.05, 4.69) is 34.5 Å². The molecule has 0 radical (unpaired) electrons. The SMILES string of the molecule is CCNCc1cc(-n2cc(Cl)c(C)n2)nc2ccccc12. The minimum Gasteiger partial charge on any atom is -0.313 e. The monoisotopic (exact) mass is 300 g/mol. The van der Waals surface area contributed by atoms with Gasteiger partial charge in [0.2, 0.25) is 0 Å². The number of nitrogens with zero attached hydrogens (tertiary/aromatic N) is 3. The molecule has 0 fully saturated rings. The molecule has 3 aromatic rings. The van der Waals surface area contributed by atoms with Crippen molar-refractivity contribution >= 4 is 22.5 Å². The summed E-state index contributed by atoms with van der Waals surface area (Å²) in [6, 6.07) is 10.2. The highest BCUT2D eigenvalue weighted by Gasteiger charge is 2.09. The Labute approximate surface area is 128 Å². The summed E-state index contributed by atoms with van der Waals surface area (Å²) in [5.41, 5.74) is 2.98. The topological polar surface area (TPSA) is 42.7 Å². The van der Waals surface area contributed by atoms with Gasteiger partial charge in [-0.15, -0.1) is 0 Å². The van der Waals surface area contributed by atoms with Crippen LogP contribution in [0, 0.1) is 6.92 Å². The van der Waals surface area contributed by atoms with Gasteiger partial charge in [0.15, 0.2) is 5.82 Å². The number of benzene rings is 1. The Bertz CT molecular complexity index is 760. The van der Waals surface area contributed by atoms with Gasteiger partial charge in [-0.3, -0.25) is 0 Å². The Morgan fingerprint density at radius 2 is 2.10 bits per heavy atom. The third-order valence-electron chi connectivity index (χ3n) is 3.43. The van der Waals surface area contributed by atoms with Gasteiger partial charge in [-0.2, -0.15) is 5.10 Å². The van der Waals surface area contributed by atoms with E-state index in [4.69, 9.17) is 11.6 Å². The first-order valence-electron chi connectivity index (χ1n) is 7.00. The zero-order valence-corrected chi connectivity index (χ0v) is 12.9. The molecule has 1 aromatic carbocycles. The fourth-order valence-electron chi connectivity index (χ4n) is 2.31. The number of hydrogen-bond acceptors (Lipinski definition) is 3. The number of halogens is 1. The molecule has 0 aliphatic carbocycles. The van der Waals surface area contributed by atoms with Crippen molar-refractivity contribution in [2.75, 3.05) is 6.54 Å². The molecule has 21 heavy (non-hydrogen) atoms. The van der Waals surface area contributed by atoms with E-state index in [0.717, 1.165) is 35.5 Å². The normalized spacial score (nSPS) is 11.2. The molecular formula is C16H17ClN4. The van der Waals surface area contributed by atoms with E-state index in [1.165, 1.54) is 5.56 Å². The number of nitrogens with one attached hydrogen (secondary N) is 1. The molecule has 0 unspecified atom stereocenters. The highest BCUT2D eigenvalue weighted by molar-refractivity contribution is 6.31. The third-order valence-corrected chi connectivity index (χ3v) is 3.80. The number of pyridine rings is 1. The predicted octanol–water partition coefficient (Wildman–Crippen LogP) is 3.49. The number of para-hydroxylation sites is 1. The summed E-state index contributed by atoms with van der Waals surface area (Å²) in [4.78, 5) is 4.68. The molecule has 2 heterocycles. The zero-order valence-electron chi connectivity index (χ0n) is 12.1. The summed E-state index contributed by atoms with van der Waals surface area (Å²) >= 11 is 6.10. The molecule has 0 spiro atoms. The van der Waals surface area contributed by atoms with Crippen molar-refractivity contribution in [1.82, 2.24) is 20.1 Å². The highest BCUT2D eigenvalue weighted by Crippen LogP contribution is 2.22. The predicted molar refractivity (Wildman–Crippen MR) is 86.0 cm³/mol. The van der Waals surface area contributed by atoms with Crippen LogP contribution in [0.4, 0.5) is 0 Å². The van der Waals surface area contributed by atoms with Crippen LogP contribution in [0.2, 0.25) is 5.02 Å². The summed E-state index contributed by atoms with van der Waals surface area (Å²) in [5.74, 6) is 0.789. The molecule has 1 N–H and O–H groups in total. The Hall–Kier alpha value is -1.91. The Balaban J connectivity index is 2.15. The van der Waals surface area contributed by atoms with Crippen LogP contribution in [-0.2, 0) is 6.54 Å². The molecule has 0 saturated heterocycles. The van der Waals surface area contributed by atoms with E-state index < -0.39 is 0 Å². The molecule has 0 aliphatic heterocycles. The van der Waals surface area contributed by atoms with Crippen LogP contribution >= 0.6 is 11.6 Å². The molecule has 0 atom stereocenters. The summed E-state index contributed by atoms with van der Waals surface area (Å²) in [6.45, 7) is 5.72. The molecule has 4 nitrogen and oxygen atoms in total. The van der Waals surface area contributed by atoms with E-state index in [1.54, 1.807) is 10.9 Å². The van der Waals surface area contributed by atoms with Crippen molar-refractivity contribution in [1.29, 1.82) is 0 Å². The lowest BCUT2D eigenvalue weighted by Gasteiger charge is -2.10. The van der Waals surface area contributed by atoms with Crippen LogP contribution < -0.4 is 5.32 Å². The smallest absolute Gasteiger partial charge is 0.154 e. The van der Waals surface area contributed by atoms with E-state index in [-0.39, 0.29) is 0 Å². The Kier molecular flexibility index (Phi) is 3.90. The number of rotatable bonds is 4. The molecule has 0 bridgehead atoms. The molecular weight excluding hydrogens is 284 g/mol. The maximum absolute atomic E-state index is 6.10. The van der Waals surface area contributed by atoms with Crippen LogP contribution in [-0.4, -0.2) is 21.3 Å². The second-order valence-corrected chi connectivity index (χ2v) is 5.35. The van der Waals surface area contributed by atoms with Gasteiger partial charge < -0.3 is 5.32 Å². The lowest BCUT2D eigenvalue weighted by atomic mass is 10.1. The molecule has 0 amide bonds. The van der Waals surface area contributed by atoms with Gasteiger partial charge >= 0.3 is 0 Å². The van der Waals surface area contributed by atoms with Crippen molar-refractivity contribution in [3.63, 3.8) is 0 Å². The van der Waals surface area contributed by atoms with Gasteiger partial charge in [-0.05, 0) is 31.2 Å². The second kappa shape index (κ2) is 5.84. The molecule has 2 aromatic heterocycles. The Morgan fingerprint density at radius 3 is 2.81 bits per heavy atom. The van der Waals surface area contributed by atoms with Crippen LogP contribution in [0.25, 0.3) is 16.7 Å². The lowest BCUT2D eigenvalue weighted by Crippen LogP contribution is -2.13. The van der Waals surface area contributed by atoms with E-state index in [1.807, 2.05) is 25.1 Å². The van der Waals surface area contributed by atoms with Gasteiger partial charge in [0.1, 0.15) is 0 Å². The van der Waals surface area contributed by atoms with Crippen LogP contribution in [0.1, 0.15) is 18.2 Å². The van der Waals surface area contributed by atoms with Gasteiger partial charge in [0, 0.05) is 11.9 Å². The fourth-order valence-corrected chi connectivity index (χ4v) is 2.44. The van der Waals surface area contributed by atoms with Gasteiger partial charge in [0.25, 0.3) is 0 Å². The number of aryl methyl sites for hydroxylation is 1. The maximum atomic E-state index is 6.10. The molecule has 3 rings (SSSR count). The van der Waals surface area contributed by atoms with E-state index in [9.17, 15) is 0 Å². The van der Waals surface area contributed by atoms with Crippen molar-refractivity contribution in [2.24, 2.45) is 0 Å². The van der Waals surface area contributed by atoms with Crippen molar-refractivity contribution in [3.05, 3.63) is 52.8 Å². The molecule has 0 aliphatic rings. The quantitative estimate of drug-likeness (QED) is 0.802. The minimum absolute atomic E-state index is 0.651. The third kappa shape index (κ3) is 2.77. The minimum atomic E-state index is 0.651. The van der Waals surface area contributed by atoms with Gasteiger partial charge in [-0.1, -0.05) is 36.7 Å². The number of fused-ring (bicyclic) bond motifs is 1. The fraction of sp³-hybridized carbons (Fsp3) is 0.250. The first-order chi connectivity index (χ1) is 10.2. The number of hydrogen-bond donors (Lipinski definition) is 1. The first kappa shape index (κ1) is 14.0. The van der Waals surface area contributed by atoms with Gasteiger partial charge in [0.05, 0.1) is 22.4 Å². The van der Waals surface area contributed by atoms with Crippen LogP contribution in [0.15, 0.2) is 36.5 Å². The van der Waals surface area contributed by atoms with Gasteiger partial charge in [-0.25, -0.2) is 9.67 Å². The largest absolute Gasteiger partial charge is 0.313 e. The van der Waals surface area contributed by atoms with Crippen molar-refractivity contribution in [3.8, 4) is 5.82 Å². The van der Waals surface area contributed by atoms with Crippen molar-refractivity contribution < 1.29 is 0 Å². The van der Waals surface area contributed by atoms with Crippen molar-refractivity contribution in [2.45, 2.75) is 20.4 Å². The average molecular weight is 301 g/mol.